The van der Waals surface area contributed by atoms with E-state index >= 15 is 0 Å². The second-order valence-electron chi connectivity index (χ2n) is 4.84. The van der Waals surface area contributed by atoms with Gasteiger partial charge in [-0.3, -0.25) is 0 Å². The molecule has 0 amide bonds. The summed E-state index contributed by atoms with van der Waals surface area (Å²) in [6.07, 6.45) is 0. The SMILES string of the molecule is COCc1sc(Nc2cc(Cl)ccc2Cl)nc1-c1ccccc1. The molecule has 0 fully saturated rings. The van der Waals surface area contributed by atoms with Gasteiger partial charge in [-0.2, -0.15) is 0 Å². The number of ether oxygens (including phenoxy) is 1. The number of nitrogens with one attached hydrogen (secondary N) is 1. The molecule has 0 bridgehead atoms. The molecular formula is C17H14Cl2N2OS. The first kappa shape index (κ1) is 16.3. The Morgan fingerprint density at radius 1 is 1.13 bits per heavy atom. The molecule has 0 radical (unpaired) electrons. The Kier molecular flexibility index (Phi) is 5.18. The van der Waals surface area contributed by atoms with Crippen molar-refractivity contribution in [1.29, 1.82) is 0 Å². The van der Waals surface area contributed by atoms with Crippen LogP contribution in [0.1, 0.15) is 4.88 Å². The van der Waals surface area contributed by atoms with E-state index in [1.807, 2.05) is 30.3 Å². The summed E-state index contributed by atoms with van der Waals surface area (Å²) in [5, 5.41) is 5.20. The zero-order chi connectivity index (χ0) is 16.2. The van der Waals surface area contributed by atoms with Crippen LogP contribution in [0.25, 0.3) is 11.3 Å². The Morgan fingerprint density at radius 3 is 2.65 bits per heavy atom. The average molecular weight is 365 g/mol. The topological polar surface area (TPSA) is 34.1 Å². The number of halogens is 2. The minimum atomic E-state index is 0.507. The molecule has 118 valence electrons. The van der Waals surface area contributed by atoms with Crippen molar-refractivity contribution in [3.05, 3.63) is 63.5 Å². The number of hydrogen-bond donors (Lipinski definition) is 1. The van der Waals surface area contributed by atoms with Gasteiger partial charge in [-0.25, -0.2) is 4.98 Å². The standard InChI is InChI=1S/C17H14Cl2N2OS/c1-22-10-15-16(11-5-3-2-4-6-11)21-17(23-15)20-14-9-12(18)7-8-13(14)19/h2-9H,10H2,1H3,(H,20,21). The molecule has 0 aliphatic rings. The van der Waals surface area contributed by atoms with E-state index in [9.17, 15) is 0 Å². The molecule has 2 aromatic carbocycles. The Hall–Kier alpha value is -1.59. The summed E-state index contributed by atoms with van der Waals surface area (Å²) in [6.45, 7) is 0.507. The van der Waals surface area contributed by atoms with Gasteiger partial charge in [0.2, 0.25) is 0 Å². The highest BCUT2D eigenvalue weighted by atomic mass is 35.5. The number of methoxy groups -OCH3 is 1. The smallest absolute Gasteiger partial charge is 0.188 e. The third kappa shape index (κ3) is 3.85. The number of rotatable bonds is 5. The van der Waals surface area contributed by atoms with Gasteiger partial charge in [0.1, 0.15) is 0 Å². The van der Waals surface area contributed by atoms with Gasteiger partial charge in [0, 0.05) is 17.7 Å². The monoisotopic (exact) mass is 364 g/mol. The van der Waals surface area contributed by atoms with Crippen LogP contribution in [0.15, 0.2) is 48.5 Å². The highest BCUT2D eigenvalue weighted by Gasteiger charge is 2.14. The van der Waals surface area contributed by atoms with Crippen molar-refractivity contribution < 1.29 is 4.74 Å². The third-order valence-corrected chi connectivity index (χ3v) is 4.70. The molecule has 0 unspecified atom stereocenters. The van der Waals surface area contributed by atoms with Crippen LogP contribution in [0.3, 0.4) is 0 Å². The summed E-state index contributed by atoms with van der Waals surface area (Å²) in [4.78, 5) is 5.75. The van der Waals surface area contributed by atoms with Gasteiger partial charge in [0.15, 0.2) is 5.13 Å². The van der Waals surface area contributed by atoms with Crippen molar-refractivity contribution in [2.75, 3.05) is 12.4 Å². The van der Waals surface area contributed by atoms with E-state index in [0.29, 0.717) is 16.7 Å². The molecule has 1 heterocycles. The maximum Gasteiger partial charge on any atom is 0.188 e. The van der Waals surface area contributed by atoms with Crippen LogP contribution in [-0.2, 0) is 11.3 Å². The molecule has 3 aromatic rings. The Bertz CT molecular complexity index is 806. The van der Waals surface area contributed by atoms with E-state index in [0.717, 1.165) is 27.0 Å². The van der Waals surface area contributed by atoms with Crippen LogP contribution in [-0.4, -0.2) is 12.1 Å². The highest BCUT2D eigenvalue weighted by Crippen LogP contribution is 2.35. The number of hydrogen-bond acceptors (Lipinski definition) is 4. The van der Waals surface area contributed by atoms with Crippen LogP contribution in [0.4, 0.5) is 10.8 Å². The average Bonchev–Trinajstić information content (AvgIpc) is 2.95. The fourth-order valence-corrected chi connectivity index (χ4v) is 3.47. The van der Waals surface area contributed by atoms with Crippen molar-refractivity contribution in [2.24, 2.45) is 0 Å². The van der Waals surface area contributed by atoms with E-state index in [4.69, 9.17) is 32.9 Å². The van der Waals surface area contributed by atoms with Gasteiger partial charge in [0.25, 0.3) is 0 Å². The van der Waals surface area contributed by atoms with Crippen LogP contribution >= 0.6 is 34.5 Å². The minimum Gasteiger partial charge on any atom is -0.379 e. The van der Waals surface area contributed by atoms with Crippen molar-refractivity contribution in [3.63, 3.8) is 0 Å². The summed E-state index contributed by atoms with van der Waals surface area (Å²) in [6, 6.07) is 15.3. The lowest BCUT2D eigenvalue weighted by atomic mass is 10.1. The fraction of sp³-hybridized carbons (Fsp3) is 0.118. The van der Waals surface area contributed by atoms with E-state index in [1.165, 1.54) is 11.3 Å². The molecule has 0 aliphatic carbocycles. The lowest BCUT2D eigenvalue weighted by Crippen LogP contribution is -1.91. The zero-order valence-electron chi connectivity index (χ0n) is 12.3. The van der Waals surface area contributed by atoms with Gasteiger partial charge >= 0.3 is 0 Å². The largest absolute Gasteiger partial charge is 0.379 e. The molecule has 0 aliphatic heterocycles. The predicted octanol–water partition coefficient (Wildman–Crippen LogP) is 6.01. The first-order valence-corrected chi connectivity index (χ1v) is 8.51. The highest BCUT2D eigenvalue weighted by molar-refractivity contribution is 7.16. The van der Waals surface area contributed by atoms with Gasteiger partial charge in [-0.15, -0.1) is 0 Å². The van der Waals surface area contributed by atoms with Crippen molar-refractivity contribution >= 4 is 45.4 Å². The molecule has 23 heavy (non-hydrogen) atoms. The number of anilines is 2. The van der Waals surface area contributed by atoms with Gasteiger partial charge in [-0.1, -0.05) is 64.9 Å². The molecule has 3 nitrogen and oxygen atoms in total. The van der Waals surface area contributed by atoms with Crippen LogP contribution in [0, 0.1) is 0 Å². The van der Waals surface area contributed by atoms with Crippen LogP contribution < -0.4 is 5.32 Å². The normalized spacial score (nSPS) is 10.7. The minimum absolute atomic E-state index is 0.507. The van der Waals surface area contributed by atoms with Gasteiger partial charge < -0.3 is 10.1 Å². The van der Waals surface area contributed by atoms with Gasteiger partial charge in [0.05, 0.1) is 27.9 Å². The molecule has 0 saturated heterocycles. The van der Waals surface area contributed by atoms with Crippen LogP contribution in [0.5, 0.6) is 0 Å². The Morgan fingerprint density at radius 2 is 1.91 bits per heavy atom. The summed E-state index contributed by atoms with van der Waals surface area (Å²) in [7, 11) is 1.68. The summed E-state index contributed by atoms with van der Waals surface area (Å²) >= 11 is 13.8. The molecule has 0 atom stereocenters. The van der Waals surface area contributed by atoms with Crippen molar-refractivity contribution in [2.45, 2.75) is 6.61 Å². The zero-order valence-corrected chi connectivity index (χ0v) is 14.7. The van der Waals surface area contributed by atoms with E-state index < -0.39 is 0 Å². The first-order chi connectivity index (χ1) is 11.2. The van der Waals surface area contributed by atoms with E-state index in [-0.39, 0.29) is 0 Å². The number of nitrogens with zero attached hydrogens (tertiary/aromatic N) is 1. The number of benzene rings is 2. The molecule has 6 heteroatoms. The summed E-state index contributed by atoms with van der Waals surface area (Å²) < 4.78 is 5.29. The molecule has 3 rings (SSSR count). The molecular weight excluding hydrogens is 351 g/mol. The second kappa shape index (κ2) is 7.32. The van der Waals surface area contributed by atoms with E-state index in [2.05, 4.69) is 5.32 Å². The van der Waals surface area contributed by atoms with Gasteiger partial charge in [-0.05, 0) is 18.2 Å². The van der Waals surface area contributed by atoms with Crippen molar-refractivity contribution in [3.8, 4) is 11.3 Å². The fourth-order valence-electron chi connectivity index (χ4n) is 2.16. The lowest BCUT2D eigenvalue weighted by molar-refractivity contribution is 0.188. The Labute approximate surface area is 148 Å². The quantitative estimate of drug-likeness (QED) is 0.601. The molecule has 1 aromatic heterocycles. The number of aromatic nitrogens is 1. The molecule has 0 spiro atoms. The predicted molar refractivity (Wildman–Crippen MR) is 98.0 cm³/mol. The lowest BCUT2D eigenvalue weighted by Gasteiger charge is -2.05. The summed E-state index contributed by atoms with van der Waals surface area (Å²) in [5.74, 6) is 0. The van der Waals surface area contributed by atoms with Crippen molar-refractivity contribution in [1.82, 2.24) is 4.98 Å². The molecule has 1 N–H and O–H groups in total. The maximum absolute atomic E-state index is 6.20. The van der Waals surface area contributed by atoms with E-state index in [1.54, 1.807) is 25.3 Å². The number of thiazole rings is 1. The van der Waals surface area contributed by atoms with Crippen LogP contribution in [0.2, 0.25) is 10.0 Å². The summed E-state index contributed by atoms with van der Waals surface area (Å²) in [5.41, 5.74) is 2.70. The Balaban J connectivity index is 1.96. The molecule has 0 saturated carbocycles. The maximum atomic E-state index is 6.20. The third-order valence-electron chi connectivity index (χ3n) is 3.19. The second-order valence-corrected chi connectivity index (χ2v) is 6.77. The first-order valence-electron chi connectivity index (χ1n) is 6.93.